The van der Waals surface area contributed by atoms with E-state index in [9.17, 15) is 4.79 Å². The maximum absolute atomic E-state index is 12.6. The van der Waals surface area contributed by atoms with Gasteiger partial charge in [0, 0.05) is 30.6 Å². The van der Waals surface area contributed by atoms with Crippen molar-refractivity contribution in [3.05, 3.63) is 78.2 Å². The zero-order valence-corrected chi connectivity index (χ0v) is 15.7. The Morgan fingerprint density at radius 3 is 2.79 bits per heavy atom. The fourth-order valence-corrected chi connectivity index (χ4v) is 3.45. The van der Waals surface area contributed by atoms with Gasteiger partial charge >= 0.3 is 0 Å². The van der Waals surface area contributed by atoms with Crippen molar-refractivity contribution in [1.29, 1.82) is 0 Å². The minimum absolute atomic E-state index is 0.0690. The molecule has 142 valence electrons. The number of rotatable bonds is 5. The molecule has 0 radical (unpaired) electrons. The van der Waals surface area contributed by atoms with Crippen molar-refractivity contribution in [1.82, 2.24) is 15.3 Å². The lowest BCUT2D eigenvalue weighted by atomic mass is 9.96. The third-order valence-corrected chi connectivity index (χ3v) is 4.96. The molecule has 0 fully saturated rings. The summed E-state index contributed by atoms with van der Waals surface area (Å²) < 4.78 is 5.76. The molecule has 3 aromatic rings. The van der Waals surface area contributed by atoms with Crippen LogP contribution in [-0.4, -0.2) is 29.0 Å². The molecule has 1 atom stereocenters. The smallest absolute Gasteiger partial charge is 0.223 e. The first-order valence-electron chi connectivity index (χ1n) is 9.65. The van der Waals surface area contributed by atoms with Gasteiger partial charge in [-0.25, -0.2) is 9.97 Å². The number of nitrogens with one attached hydrogen (secondary N) is 1. The summed E-state index contributed by atoms with van der Waals surface area (Å²) in [5.74, 6) is 1.62. The minimum Gasteiger partial charge on any atom is -0.493 e. The number of amides is 1. The number of carbonyl (C=O) groups excluding carboxylic acids is 1. The summed E-state index contributed by atoms with van der Waals surface area (Å²) in [5.41, 5.74) is 3.06. The Labute approximate surface area is 164 Å². The normalized spacial score (nSPS) is 15.8. The van der Waals surface area contributed by atoms with Gasteiger partial charge in [-0.1, -0.05) is 48.5 Å². The highest BCUT2D eigenvalue weighted by atomic mass is 16.5. The van der Waals surface area contributed by atoms with Crippen LogP contribution >= 0.6 is 0 Å². The van der Waals surface area contributed by atoms with Gasteiger partial charge in [-0.3, -0.25) is 4.79 Å². The molecule has 5 heteroatoms. The molecule has 2 heterocycles. The molecule has 1 aliphatic heterocycles. The van der Waals surface area contributed by atoms with Gasteiger partial charge in [0.1, 0.15) is 11.6 Å². The highest BCUT2D eigenvalue weighted by Gasteiger charge is 2.23. The van der Waals surface area contributed by atoms with Crippen LogP contribution < -0.4 is 10.1 Å². The Hall–Kier alpha value is -3.21. The summed E-state index contributed by atoms with van der Waals surface area (Å²) in [6.07, 6.45) is 3.81. The van der Waals surface area contributed by atoms with Crippen molar-refractivity contribution in [2.45, 2.75) is 19.3 Å². The van der Waals surface area contributed by atoms with Crippen molar-refractivity contribution >= 4 is 5.91 Å². The number of nitrogens with zero attached hydrogens (tertiary/aromatic N) is 2. The Morgan fingerprint density at radius 2 is 1.89 bits per heavy atom. The van der Waals surface area contributed by atoms with E-state index in [1.54, 1.807) is 6.20 Å². The van der Waals surface area contributed by atoms with E-state index in [4.69, 9.17) is 4.74 Å². The number of aromatic nitrogens is 2. The summed E-state index contributed by atoms with van der Waals surface area (Å²) in [7, 11) is 0. The zero-order chi connectivity index (χ0) is 19.2. The predicted molar refractivity (Wildman–Crippen MR) is 108 cm³/mol. The first-order chi connectivity index (χ1) is 13.8. The Balaban J connectivity index is 1.33. The first kappa shape index (κ1) is 18.2. The number of carbonyl (C=O) groups is 1. The lowest BCUT2D eigenvalue weighted by Gasteiger charge is -2.13. The van der Waals surface area contributed by atoms with Gasteiger partial charge in [0.2, 0.25) is 5.91 Å². The van der Waals surface area contributed by atoms with E-state index in [1.165, 1.54) is 0 Å². The quantitative estimate of drug-likeness (QED) is 0.744. The molecule has 1 amide bonds. The van der Waals surface area contributed by atoms with Crippen LogP contribution in [0.5, 0.6) is 5.75 Å². The molecule has 28 heavy (non-hydrogen) atoms. The molecular formula is C23H23N3O2. The van der Waals surface area contributed by atoms with Gasteiger partial charge < -0.3 is 10.1 Å². The van der Waals surface area contributed by atoms with E-state index in [-0.39, 0.29) is 11.8 Å². The maximum Gasteiger partial charge on any atom is 0.223 e. The summed E-state index contributed by atoms with van der Waals surface area (Å²) >= 11 is 0. The molecule has 1 N–H and O–H groups in total. The molecule has 0 saturated heterocycles. The number of para-hydroxylation sites is 1. The van der Waals surface area contributed by atoms with Crippen LogP contribution in [0.4, 0.5) is 0 Å². The maximum atomic E-state index is 12.6. The van der Waals surface area contributed by atoms with Crippen LogP contribution in [0.15, 0.2) is 66.9 Å². The lowest BCUT2D eigenvalue weighted by molar-refractivity contribution is -0.125. The molecule has 0 spiro atoms. The monoisotopic (exact) mass is 373 g/mol. The topological polar surface area (TPSA) is 64.1 Å². The van der Waals surface area contributed by atoms with Crippen molar-refractivity contribution < 1.29 is 9.53 Å². The molecule has 0 unspecified atom stereocenters. The molecule has 5 nitrogen and oxygen atoms in total. The molecular weight excluding hydrogens is 350 g/mol. The second-order valence-corrected chi connectivity index (χ2v) is 6.91. The van der Waals surface area contributed by atoms with Gasteiger partial charge in [0.15, 0.2) is 0 Å². The molecule has 1 aliphatic rings. The van der Waals surface area contributed by atoms with Crippen LogP contribution in [-0.2, 0) is 17.6 Å². The number of hydrogen-bond acceptors (Lipinski definition) is 4. The molecule has 0 saturated carbocycles. The molecule has 0 aliphatic carbocycles. The summed E-state index contributed by atoms with van der Waals surface area (Å²) in [5, 5.41) is 3.04. The third kappa shape index (κ3) is 4.36. The highest BCUT2D eigenvalue weighted by Crippen LogP contribution is 2.26. The van der Waals surface area contributed by atoms with Crippen molar-refractivity contribution in [3.63, 3.8) is 0 Å². The standard InChI is InChI=1S/C23H23N3O2/c27-23(19-12-15-28-21-9-5-4-8-18(21)16-19)25-14-11-22-24-13-10-20(26-22)17-6-2-1-3-7-17/h1-10,13,19H,11-12,14-16H2,(H,25,27)/t19-/m1/s1. The number of hydrogen-bond donors (Lipinski definition) is 1. The van der Waals surface area contributed by atoms with Crippen LogP contribution in [0.25, 0.3) is 11.3 Å². The van der Waals surface area contributed by atoms with Crippen molar-refractivity contribution in [2.24, 2.45) is 5.92 Å². The van der Waals surface area contributed by atoms with Crippen LogP contribution in [0.2, 0.25) is 0 Å². The fourth-order valence-electron chi connectivity index (χ4n) is 3.45. The molecule has 1 aromatic heterocycles. The summed E-state index contributed by atoms with van der Waals surface area (Å²) in [4.78, 5) is 21.6. The molecule has 0 bridgehead atoms. The van der Waals surface area contributed by atoms with E-state index >= 15 is 0 Å². The van der Waals surface area contributed by atoms with Gasteiger partial charge in [-0.2, -0.15) is 0 Å². The number of fused-ring (bicyclic) bond motifs is 1. The van der Waals surface area contributed by atoms with E-state index in [0.29, 0.717) is 26.0 Å². The van der Waals surface area contributed by atoms with E-state index < -0.39 is 0 Å². The fraction of sp³-hybridized carbons (Fsp3) is 0.261. The lowest BCUT2D eigenvalue weighted by Crippen LogP contribution is -2.33. The summed E-state index contributed by atoms with van der Waals surface area (Å²) in [6, 6.07) is 19.9. The van der Waals surface area contributed by atoms with Crippen LogP contribution in [0, 0.1) is 5.92 Å². The Morgan fingerprint density at radius 1 is 1.07 bits per heavy atom. The second-order valence-electron chi connectivity index (χ2n) is 6.91. The van der Waals surface area contributed by atoms with Gasteiger partial charge in [-0.05, 0) is 30.5 Å². The Bertz CT molecular complexity index is 943. The molecule has 2 aromatic carbocycles. The first-order valence-corrected chi connectivity index (χ1v) is 9.65. The minimum atomic E-state index is -0.0692. The van der Waals surface area contributed by atoms with Crippen molar-refractivity contribution in [3.8, 4) is 17.0 Å². The van der Waals surface area contributed by atoms with Gasteiger partial charge in [0.05, 0.1) is 12.3 Å². The van der Waals surface area contributed by atoms with Crippen molar-refractivity contribution in [2.75, 3.05) is 13.2 Å². The van der Waals surface area contributed by atoms with E-state index in [2.05, 4.69) is 15.3 Å². The zero-order valence-electron chi connectivity index (χ0n) is 15.7. The number of benzene rings is 2. The van der Waals surface area contributed by atoms with Crippen LogP contribution in [0.3, 0.4) is 0 Å². The Kier molecular flexibility index (Phi) is 5.61. The van der Waals surface area contributed by atoms with Gasteiger partial charge in [0.25, 0.3) is 0 Å². The van der Waals surface area contributed by atoms with Crippen LogP contribution in [0.1, 0.15) is 17.8 Å². The molecule has 4 rings (SSSR count). The highest BCUT2D eigenvalue weighted by molar-refractivity contribution is 5.79. The predicted octanol–water partition coefficient (Wildman–Crippen LogP) is 3.44. The van der Waals surface area contributed by atoms with E-state index in [1.807, 2.05) is 60.7 Å². The largest absolute Gasteiger partial charge is 0.493 e. The average Bonchev–Trinajstić information content (AvgIpc) is 2.97. The van der Waals surface area contributed by atoms with Gasteiger partial charge in [-0.15, -0.1) is 0 Å². The SMILES string of the molecule is O=C(NCCc1nccc(-c2ccccc2)n1)[C@@H]1CCOc2ccccc2C1. The summed E-state index contributed by atoms with van der Waals surface area (Å²) in [6.45, 7) is 1.09. The van der Waals surface area contributed by atoms with E-state index in [0.717, 1.165) is 34.8 Å². The third-order valence-electron chi connectivity index (χ3n) is 4.96. The number of ether oxygens (including phenoxy) is 1. The average molecular weight is 373 g/mol. The second kappa shape index (κ2) is 8.65.